The molecular formula is C11H20Cl2N4O. The van der Waals surface area contributed by atoms with Gasteiger partial charge in [-0.25, -0.2) is 4.98 Å². The van der Waals surface area contributed by atoms with Crippen molar-refractivity contribution in [1.29, 1.82) is 0 Å². The predicted molar refractivity (Wildman–Crippen MR) is 78.6 cm³/mol. The van der Waals surface area contributed by atoms with Crippen LogP contribution in [0.15, 0.2) is 18.3 Å². The lowest BCUT2D eigenvalue weighted by Crippen LogP contribution is -2.38. The Morgan fingerprint density at radius 3 is 2.61 bits per heavy atom. The summed E-state index contributed by atoms with van der Waals surface area (Å²) < 4.78 is 0. The molecule has 1 amide bonds. The van der Waals surface area contributed by atoms with Gasteiger partial charge in [0.25, 0.3) is 0 Å². The van der Waals surface area contributed by atoms with Crippen LogP contribution in [-0.2, 0) is 11.3 Å². The molecule has 0 radical (unpaired) electrons. The number of aromatic nitrogens is 1. The number of hydrogen-bond donors (Lipinski definition) is 2. The van der Waals surface area contributed by atoms with E-state index < -0.39 is 6.04 Å². The molecule has 0 aliphatic heterocycles. The van der Waals surface area contributed by atoms with Crippen LogP contribution in [-0.4, -0.2) is 31.0 Å². The van der Waals surface area contributed by atoms with E-state index in [9.17, 15) is 4.79 Å². The van der Waals surface area contributed by atoms with Gasteiger partial charge in [0, 0.05) is 32.4 Å². The van der Waals surface area contributed by atoms with E-state index >= 15 is 0 Å². The lowest BCUT2D eigenvalue weighted by Gasteiger charge is -2.16. The lowest BCUT2D eigenvalue weighted by molar-refractivity contribution is -0.122. The van der Waals surface area contributed by atoms with Crippen LogP contribution in [0.4, 0.5) is 5.82 Å². The van der Waals surface area contributed by atoms with E-state index in [2.05, 4.69) is 10.3 Å². The van der Waals surface area contributed by atoms with Crippen molar-refractivity contribution in [3.8, 4) is 0 Å². The van der Waals surface area contributed by atoms with Gasteiger partial charge in [0.1, 0.15) is 5.82 Å². The minimum absolute atomic E-state index is 0. The molecule has 1 atom stereocenters. The van der Waals surface area contributed by atoms with E-state index in [0.29, 0.717) is 6.54 Å². The molecule has 0 aromatic carbocycles. The summed E-state index contributed by atoms with van der Waals surface area (Å²) in [6, 6.07) is 3.30. The lowest BCUT2D eigenvalue weighted by atomic mass is 10.2. The van der Waals surface area contributed by atoms with E-state index in [1.165, 1.54) is 0 Å². The number of anilines is 1. The van der Waals surface area contributed by atoms with Crippen molar-refractivity contribution in [1.82, 2.24) is 10.3 Å². The van der Waals surface area contributed by atoms with E-state index in [0.717, 1.165) is 11.4 Å². The fourth-order valence-electron chi connectivity index (χ4n) is 1.31. The zero-order chi connectivity index (χ0) is 12.1. The molecular weight excluding hydrogens is 275 g/mol. The van der Waals surface area contributed by atoms with Gasteiger partial charge in [0.2, 0.25) is 5.91 Å². The number of nitrogens with two attached hydrogens (primary N) is 1. The van der Waals surface area contributed by atoms with E-state index in [4.69, 9.17) is 5.73 Å². The van der Waals surface area contributed by atoms with Crippen LogP contribution in [0, 0.1) is 0 Å². The quantitative estimate of drug-likeness (QED) is 0.868. The van der Waals surface area contributed by atoms with Gasteiger partial charge in [-0.3, -0.25) is 4.79 Å². The maximum atomic E-state index is 11.3. The first-order valence-corrected chi connectivity index (χ1v) is 5.17. The topological polar surface area (TPSA) is 71.2 Å². The highest BCUT2D eigenvalue weighted by Gasteiger charge is 2.09. The van der Waals surface area contributed by atoms with Gasteiger partial charge in [-0.1, -0.05) is 6.07 Å². The van der Waals surface area contributed by atoms with Crippen molar-refractivity contribution in [2.24, 2.45) is 5.73 Å². The standard InChI is InChI=1S/C11H18N4O.2ClH/c1-8(12)11(16)14-7-9-5-4-6-13-10(9)15(2)3;;/h4-6,8H,7,12H2,1-3H3,(H,14,16);2*1H/t8-;;/m1../s1. The van der Waals surface area contributed by atoms with Gasteiger partial charge < -0.3 is 16.0 Å². The fourth-order valence-corrected chi connectivity index (χ4v) is 1.31. The molecule has 7 heteroatoms. The smallest absolute Gasteiger partial charge is 0.236 e. The number of rotatable bonds is 4. The van der Waals surface area contributed by atoms with Crippen LogP contribution < -0.4 is 16.0 Å². The maximum absolute atomic E-state index is 11.3. The van der Waals surface area contributed by atoms with Crippen LogP contribution in [0.5, 0.6) is 0 Å². The Labute approximate surface area is 120 Å². The van der Waals surface area contributed by atoms with E-state index in [1.54, 1.807) is 13.1 Å². The van der Waals surface area contributed by atoms with Crippen molar-refractivity contribution < 1.29 is 4.79 Å². The fraction of sp³-hybridized carbons (Fsp3) is 0.455. The van der Waals surface area contributed by atoms with Crippen LogP contribution in [0.3, 0.4) is 0 Å². The molecule has 3 N–H and O–H groups in total. The summed E-state index contributed by atoms with van der Waals surface area (Å²) in [5.74, 6) is 0.695. The van der Waals surface area contributed by atoms with Gasteiger partial charge in [0.15, 0.2) is 0 Å². The number of hydrogen-bond acceptors (Lipinski definition) is 4. The summed E-state index contributed by atoms with van der Waals surface area (Å²) in [7, 11) is 3.83. The summed E-state index contributed by atoms with van der Waals surface area (Å²) in [6.45, 7) is 2.10. The molecule has 1 aromatic heterocycles. The molecule has 1 aromatic rings. The van der Waals surface area contributed by atoms with Crippen LogP contribution in [0.25, 0.3) is 0 Å². The third-order valence-corrected chi connectivity index (χ3v) is 2.16. The normalized spacial score (nSPS) is 10.7. The molecule has 0 bridgehead atoms. The molecule has 0 saturated heterocycles. The number of amides is 1. The molecule has 5 nitrogen and oxygen atoms in total. The summed E-state index contributed by atoms with van der Waals surface area (Å²) in [5.41, 5.74) is 6.43. The Hall–Kier alpha value is -1.04. The Kier molecular flexibility index (Phi) is 9.61. The molecule has 0 aliphatic carbocycles. The first-order valence-electron chi connectivity index (χ1n) is 5.17. The molecule has 0 spiro atoms. The summed E-state index contributed by atoms with van der Waals surface area (Å²) in [4.78, 5) is 17.5. The predicted octanol–water partition coefficient (Wildman–Crippen LogP) is 0.955. The molecule has 0 unspecified atom stereocenters. The number of pyridine rings is 1. The first-order chi connectivity index (χ1) is 7.52. The Balaban J connectivity index is 0. The third-order valence-electron chi connectivity index (χ3n) is 2.16. The largest absolute Gasteiger partial charge is 0.362 e. The zero-order valence-electron chi connectivity index (χ0n) is 10.7. The first kappa shape index (κ1) is 19.3. The summed E-state index contributed by atoms with van der Waals surface area (Å²) in [5, 5.41) is 2.76. The molecule has 0 aliphatic rings. The highest BCUT2D eigenvalue weighted by Crippen LogP contribution is 2.13. The van der Waals surface area contributed by atoms with Gasteiger partial charge in [-0.05, 0) is 13.0 Å². The average molecular weight is 295 g/mol. The maximum Gasteiger partial charge on any atom is 0.236 e. The molecule has 0 saturated carbocycles. The number of nitrogens with zero attached hydrogens (tertiary/aromatic N) is 2. The Morgan fingerprint density at radius 1 is 1.50 bits per heavy atom. The van der Waals surface area contributed by atoms with Gasteiger partial charge in [-0.2, -0.15) is 0 Å². The highest BCUT2D eigenvalue weighted by atomic mass is 35.5. The number of carbonyl (C=O) groups excluding carboxylic acids is 1. The number of nitrogens with one attached hydrogen (secondary N) is 1. The second-order valence-corrected chi connectivity index (χ2v) is 3.89. The SMILES string of the molecule is C[C@@H](N)C(=O)NCc1cccnc1N(C)C.Cl.Cl. The minimum Gasteiger partial charge on any atom is -0.362 e. The number of carbonyl (C=O) groups is 1. The van der Waals surface area contributed by atoms with Crippen molar-refractivity contribution in [3.63, 3.8) is 0 Å². The van der Waals surface area contributed by atoms with Gasteiger partial charge >= 0.3 is 0 Å². The van der Waals surface area contributed by atoms with Crippen molar-refractivity contribution in [2.75, 3.05) is 19.0 Å². The molecule has 0 fully saturated rings. The van der Waals surface area contributed by atoms with E-state index in [-0.39, 0.29) is 30.7 Å². The van der Waals surface area contributed by atoms with Gasteiger partial charge in [0.05, 0.1) is 6.04 Å². The molecule has 104 valence electrons. The summed E-state index contributed by atoms with van der Waals surface area (Å²) in [6.07, 6.45) is 1.73. The second-order valence-electron chi connectivity index (χ2n) is 3.89. The van der Waals surface area contributed by atoms with Gasteiger partial charge in [-0.15, -0.1) is 24.8 Å². The summed E-state index contributed by atoms with van der Waals surface area (Å²) >= 11 is 0. The number of halogens is 2. The third kappa shape index (κ3) is 5.53. The van der Waals surface area contributed by atoms with E-state index in [1.807, 2.05) is 31.1 Å². The molecule has 18 heavy (non-hydrogen) atoms. The second kappa shape index (κ2) is 8.97. The minimum atomic E-state index is -0.487. The highest BCUT2D eigenvalue weighted by molar-refractivity contribution is 5.85. The zero-order valence-corrected chi connectivity index (χ0v) is 12.3. The van der Waals surface area contributed by atoms with Crippen LogP contribution >= 0.6 is 24.8 Å². The van der Waals surface area contributed by atoms with Crippen LogP contribution in [0.1, 0.15) is 12.5 Å². The average Bonchev–Trinajstić information content (AvgIpc) is 2.25. The Bertz CT molecular complexity index is 372. The Morgan fingerprint density at radius 2 is 2.11 bits per heavy atom. The van der Waals surface area contributed by atoms with Crippen molar-refractivity contribution in [3.05, 3.63) is 23.9 Å². The van der Waals surface area contributed by atoms with Crippen LogP contribution in [0.2, 0.25) is 0 Å². The van der Waals surface area contributed by atoms with Crippen molar-refractivity contribution in [2.45, 2.75) is 19.5 Å². The van der Waals surface area contributed by atoms with Crippen molar-refractivity contribution >= 4 is 36.5 Å². The monoisotopic (exact) mass is 294 g/mol. The molecule has 1 heterocycles. The molecule has 1 rings (SSSR count).